The monoisotopic (exact) mass is 537 g/mol. The number of benzene rings is 2. The van der Waals surface area contributed by atoms with E-state index in [1.165, 1.54) is 0 Å². The molecule has 0 aromatic heterocycles. The highest BCUT2D eigenvalue weighted by molar-refractivity contribution is 5.93. The fourth-order valence-corrected chi connectivity index (χ4v) is 4.97. The summed E-state index contributed by atoms with van der Waals surface area (Å²) in [5, 5.41) is 10.6. The summed E-state index contributed by atoms with van der Waals surface area (Å²) in [6.07, 6.45) is 3.07. The molecule has 0 radical (unpaired) electrons. The highest BCUT2D eigenvalue weighted by Gasteiger charge is 2.37. The molecule has 0 aliphatic carbocycles. The molecule has 2 aromatic rings. The van der Waals surface area contributed by atoms with Gasteiger partial charge in [0, 0.05) is 32.0 Å². The Hall–Kier alpha value is -3.46. The van der Waals surface area contributed by atoms with Gasteiger partial charge in [0.05, 0.1) is 5.54 Å². The average Bonchev–Trinajstić information content (AvgIpc) is 3.40. The average molecular weight is 538 g/mol. The molecule has 2 aromatic carbocycles. The van der Waals surface area contributed by atoms with Gasteiger partial charge in [0.1, 0.15) is 12.1 Å². The summed E-state index contributed by atoms with van der Waals surface area (Å²) >= 11 is 0. The molecular weight excluding hydrogens is 494 g/mol. The summed E-state index contributed by atoms with van der Waals surface area (Å²) in [4.78, 5) is 53.5. The second-order valence-corrected chi connectivity index (χ2v) is 10.9. The molecule has 39 heavy (non-hydrogen) atoms. The van der Waals surface area contributed by atoms with Crippen LogP contribution in [0.5, 0.6) is 0 Å². The van der Waals surface area contributed by atoms with E-state index >= 15 is 0 Å². The van der Waals surface area contributed by atoms with E-state index in [0.29, 0.717) is 13.0 Å². The molecule has 1 aliphatic rings. The van der Waals surface area contributed by atoms with Crippen molar-refractivity contribution in [2.24, 2.45) is 11.7 Å². The second-order valence-electron chi connectivity index (χ2n) is 10.9. The first-order chi connectivity index (χ1) is 18.5. The Balaban J connectivity index is 1.73. The zero-order chi connectivity index (χ0) is 28.6. The van der Waals surface area contributed by atoms with Gasteiger partial charge in [-0.1, -0.05) is 56.3 Å². The van der Waals surface area contributed by atoms with Crippen LogP contribution in [0.4, 0.5) is 0 Å². The van der Waals surface area contributed by atoms with Gasteiger partial charge in [0.25, 0.3) is 0 Å². The normalized spacial score (nSPS) is 16.3. The maximum absolute atomic E-state index is 13.5. The first kappa shape index (κ1) is 30.1. The van der Waals surface area contributed by atoms with E-state index in [9.17, 15) is 19.2 Å². The van der Waals surface area contributed by atoms with Gasteiger partial charge in [-0.05, 0) is 55.9 Å². The van der Waals surface area contributed by atoms with Crippen LogP contribution in [-0.4, -0.2) is 65.8 Å². The van der Waals surface area contributed by atoms with Gasteiger partial charge in [-0.2, -0.15) is 0 Å². The largest absolute Gasteiger partial charge is 0.353 e. The molecule has 3 rings (SSSR count). The fourth-order valence-electron chi connectivity index (χ4n) is 4.97. The number of amides is 4. The van der Waals surface area contributed by atoms with Crippen LogP contribution < -0.4 is 21.7 Å². The minimum absolute atomic E-state index is 0.00625. The van der Waals surface area contributed by atoms with Crippen LogP contribution in [0.1, 0.15) is 58.9 Å². The fraction of sp³-hybridized carbons (Fsp3) is 0.533. The van der Waals surface area contributed by atoms with Crippen LogP contribution >= 0.6 is 0 Å². The Labute approximate surface area is 231 Å². The number of nitrogens with zero attached hydrogens (tertiary/aromatic N) is 1. The van der Waals surface area contributed by atoms with Crippen LogP contribution in [0.2, 0.25) is 0 Å². The molecule has 4 amide bonds. The van der Waals surface area contributed by atoms with Gasteiger partial charge in [-0.3, -0.25) is 19.2 Å². The van der Waals surface area contributed by atoms with Gasteiger partial charge >= 0.3 is 0 Å². The lowest BCUT2D eigenvalue weighted by atomic mass is 10.00. The van der Waals surface area contributed by atoms with Crippen LogP contribution in [-0.2, 0) is 25.6 Å². The lowest BCUT2D eigenvalue weighted by molar-refractivity contribution is -0.142. The van der Waals surface area contributed by atoms with Crippen molar-refractivity contribution in [2.75, 3.05) is 19.6 Å². The zero-order valence-corrected chi connectivity index (χ0v) is 23.6. The molecule has 1 fully saturated rings. The minimum Gasteiger partial charge on any atom is -0.353 e. The third-order valence-electron chi connectivity index (χ3n) is 7.36. The first-order valence-corrected chi connectivity index (χ1v) is 14.0. The number of nitrogens with one attached hydrogen (secondary N) is 3. The third-order valence-corrected chi connectivity index (χ3v) is 7.36. The summed E-state index contributed by atoms with van der Waals surface area (Å²) < 4.78 is 0. The standard InChI is InChI=1S/C30H43N5O4/c1-5-21(6-2)28(38)35-17-9-12-25(35)27(37)34-24(26(36)32-15-16-33-29(39)30(3,4)31)19-20-13-14-22-10-7-8-11-23(22)18-20/h7-8,10-11,13-14,18,21,24-25H,5-6,9,12,15-17,19,31H2,1-4H3,(H,32,36)(H,33,39)(H,34,37). The van der Waals surface area contributed by atoms with Gasteiger partial charge in [0.2, 0.25) is 23.6 Å². The van der Waals surface area contributed by atoms with Crippen LogP contribution in [0.25, 0.3) is 10.8 Å². The molecule has 0 bridgehead atoms. The van der Waals surface area contributed by atoms with E-state index in [0.717, 1.165) is 35.6 Å². The molecular formula is C30H43N5O4. The Kier molecular flexibility index (Phi) is 10.5. The minimum atomic E-state index is -1.02. The summed E-state index contributed by atoms with van der Waals surface area (Å²) in [6.45, 7) is 8.13. The van der Waals surface area contributed by atoms with Crippen molar-refractivity contribution in [3.8, 4) is 0 Å². The van der Waals surface area contributed by atoms with Gasteiger partial charge in [0.15, 0.2) is 0 Å². The molecule has 1 saturated heterocycles. The molecule has 9 heteroatoms. The smallest absolute Gasteiger partial charge is 0.243 e. The Bertz CT molecular complexity index is 1170. The van der Waals surface area contributed by atoms with Crippen molar-refractivity contribution in [1.82, 2.24) is 20.9 Å². The highest BCUT2D eigenvalue weighted by Crippen LogP contribution is 2.23. The summed E-state index contributed by atoms with van der Waals surface area (Å²) in [6, 6.07) is 12.5. The lowest BCUT2D eigenvalue weighted by Crippen LogP contribution is -2.55. The summed E-state index contributed by atoms with van der Waals surface area (Å²) in [7, 11) is 0. The molecule has 2 unspecified atom stereocenters. The van der Waals surface area contributed by atoms with Gasteiger partial charge in [-0.15, -0.1) is 0 Å². The zero-order valence-electron chi connectivity index (χ0n) is 23.6. The number of fused-ring (bicyclic) bond motifs is 1. The van der Waals surface area contributed by atoms with E-state index in [1.54, 1.807) is 18.7 Å². The molecule has 212 valence electrons. The number of carbonyl (C=O) groups excluding carboxylic acids is 4. The number of rotatable bonds is 12. The Morgan fingerprint density at radius 1 is 1.00 bits per heavy atom. The molecule has 2 atom stereocenters. The van der Waals surface area contributed by atoms with Crippen molar-refractivity contribution in [1.29, 1.82) is 0 Å². The van der Waals surface area contributed by atoms with E-state index in [4.69, 9.17) is 5.73 Å². The molecule has 0 spiro atoms. The number of carbonyl (C=O) groups is 4. The molecule has 0 saturated carbocycles. The number of nitrogens with two attached hydrogens (primary N) is 1. The molecule has 1 heterocycles. The van der Waals surface area contributed by atoms with Crippen molar-refractivity contribution in [2.45, 2.75) is 77.4 Å². The van der Waals surface area contributed by atoms with E-state index in [-0.39, 0.29) is 49.1 Å². The predicted molar refractivity (Wildman–Crippen MR) is 153 cm³/mol. The van der Waals surface area contributed by atoms with E-state index in [1.807, 2.05) is 56.3 Å². The Morgan fingerprint density at radius 3 is 2.33 bits per heavy atom. The molecule has 9 nitrogen and oxygen atoms in total. The summed E-state index contributed by atoms with van der Waals surface area (Å²) in [5.41, 5.74) is 5.69. The quantitative estimate of drug-likeness (QED) is 0.308. The van der Waals surface area contributed by atoms with Crippen LogP contribution in [0, 0.1) is 5.92 Å². The van der Waals surface area contributed by atoms with Crippen LogP contribution in [0.3, 0.4) is 0 Å². The Morgan fingerprint density at radius 2 is 1.67 bits per heavy atom. The van der Waals surface area contributed by atoms with Crippen molar-refractivity contribution < 1.29 is 19.2 Å². The lowest BCUT2D eigenvalue weighted by Gasteiger charge is -2.29. The molecule has 1 aliphatic heterocycles. The SMILES string of the molecule is CCC(CC)C(=O)N1CCCC1C(=O)NC(Cc1ccc2ccccc2c1)C(=O)NCCNC(=O)C(C)(C)N. The predicted octanol–water partition coefficient (Wildman–Crippen LogP) is 2.26. The number of likely N-dealkylation sites (tertiary alicyclic amines) is 1. The number of hydrogen-bond donors (Lipinski definition) is 4. The first-order valence-electron chi connectivity index (χ1n) is 14.0. The number of hydrogen-bond acceptors (Lipinski definition) is 5. The van der Waals surface area contributed by atoms with Crippen molar-refractivity contribution in [3.63, 3.8) is 0 Å². The topological polar surface area (TPSA) is 134 Å². The van der Waals surface area contributed by atoms with Gasteiger partial charge < -0.3 is 26.6 Å². The maximum atomic E-state index is 13.5. The second kappa shape index (κ2) is 13.6. The maximum Gasteiger partial charge on any atom is 0.243 e. The van der Waals surface area contributed by atoms with Crippen LogP contribution in [0.15, 0.2) is 42.5 Å². The van der Waals surface area contributed by atoms with Crippen molar-refractivity contribution >= 4 is 34.4 Å². The van der Waals surface area contributed by atoms with Crippen molar-refractivity contribution in [3.05, 3.63) is 48.0 Å². The highest BCUT2D eigenvalue weighted by atomic mass is 16.2. The molecule has 5 N–H and O–H groups in total. The summed E-state index contributed by atoms with van der Waals surface area (Å²) in [5.74, 6) is -1.09. The van der Waals surface area contributed by atoms with E-state index in [2.05, 4.69) is 16.0 Å². The van der Waals surface area contributed by atoms with Gasteiger partial charge in [-0.25, -0.2) is 0 Å². The third kappa shape index (κ3) is 8.02. The van der Waals surface area contributed by atoms with E-state index < -0.39 is 17.6 Å².